The molecule has 1 aliphatic carbocycles. The maximum absolute atomic E-state index is 11.1. The lowest BCUT2D eigenvalue weighted by molar-refractivity contribution is 0.0294. The van der Waals surface area contributed by atoms with E-state index in [2.05, 4.69) is 6.07 Å². The fraction of sp³-hybridized carbons (Fsp3) is 0.684. The van der Waals surface area contributed by atoms with Gasteiger partial charge in [-0.15, -0.1) is 0 Å². The minimum absolute atomic E-state index is 0.237. The highest BCUT2D eigenvalue weighted by Crippen LogP contribution is 2.33. The standard InChI is InChI=1S/C19H31NO3/c1-22-16-8-4-3-7-15-10-11-17(23-2)13-18(15)19(21,14-20)12-6-5-9-16/h10-11,13,16,21H,3-9,12,14,20H2,1-2H3/t16-,19+/m1/s1. The molecule has 4 heteroatoms. The molecule has 1 aliphatic rings. The van der Waals surface area contributed by atoms with Crippen LogP contribution in [0.3, 0.4) is 0 Å². The summed E-state index contributed by atoms with van der Waals surface area (Å²) < 4.78 is 10.9. The van der Waals surface area contributed by atoms with E-state index in [0.29, 0.717) is 12.5 Å². The maximum Gasteiger partial charge on any atom is 0.119 e. The van der Waals surface area contributed by atoms with Gasteiger partial charge in [-0.25, -0.2) is 0 Å². The maximum atomic E-state index is 11.1. The van der Waals surface area contributed by atoms with E-state index >= 15 is 0 Å². The van der Waals surface area contributed by atoms with Gasteiger partial charge in [0.25, 0.3) is 0 Å². The lowest BCUT2D eigenvalue weighted by Gasteiger charge is -2.30. The van der Waals surface area contributed by atoms with Crippen molar-refractivity contribution in [3.63, 3.8) is 0 Å². The topological polar surface area (TPSA) is 64.7 Å². The molecular formula is C19H31NO3. The van der Waals surface area contributed by atoms with Gasteiger partial charge in [-0.05, 0) is 55.4 Å². The minimum atomic E-state index is -0.967. The van der Waals surface area contributed by atoms with Crippen LogP contribution in [0.25, 0.3) is 0 Å². The molecule has 0 saturated heterocycles. The van der Waals surface area contributed by atoms with E-state index in [4.69, 9.17) is 15.2 Å². The van der Waals surface area contributed by atoms with Crippen molar-refractivity contribution in [1.82, 2.24) is 0 Å². The summed E-state index contributed by atoms with van der Waals surface area (Å²) in [6.45, 7) is 0.237. The monoisotopic (exact) mass is 321 g/mol. The van der Waals surface area contributed by atoms with Crippen molar-refractivity contribution in [1.29, 1.82) is 0 Å². The molecule has 0 unspecified atom stereocenters. The molecule has 0 amide bonds. The van der Waals surface area contributed by atoms with Crippen molar-refractivity contribution in [2.45, 2.75) is 63.1 Å². The first-order valence-corrected chi connectivity index (χ1v) is 8.75. The van der Waals surface area contributed by atoms with E-state index in [1.54, 1.807) is 14.2 Å². The summed E-state index contributed by atoms with van der Waals surface area (Å²) in [4.78, 5) is 0. The number of hydrogen-bond donors (Lipinski definition) is 2. The normalized spacial score (nSPS) is 26.7. The number of hydrogen-bond acceptors (Lipinski definition) is 4. The van der Waals surface area contributed by atoms with Crippen molar-refractivity contribution < 1.29 is 14.6 Å². The van der Waals surface area contributed by atoms with Crippen LogP contribution in [0.2, 0.25) is 0 Å². The van der Waals surface area contributed by atoms with Crippen LogP contribution in [0.1, 0.15) is 56.1 Å². The second kappa shape index (κ2) is 8.67. The summed E-state index contributed by atoms with van der Waals surface area (Å²) in [6.07, 6.45) is 8.40. The molecule has 0 radical (unpaired) electrons. The van der Waals surface area contributed by atoms with Gasteiger partial charge in [-0.3, -0.25) is 0 Å². The third kappa shape index (κ3) is 4.69. The van der Waals surface area contributed by atoms with Crippen LogP contribution in [0.4, 0.5) is 0 Å². The van der Waals surface area contributed by atoms with Gasteiger partial charge in [0.2, 0.25) is 0 Å². The molecule has 130 valence electrons. The van der Waals surface area contributed by atoms with Crippen molar-refractivity contribution in [3.8, 4) is 5.75 Å². The van der Waals surface area contributed by atoms with Crippen LogP contribution in [0, 0.1) is 0 Å². The molecule has 3 N–H and O–H groups in total. The molecule has 1 aromatic carbocycles. The summed E-state index contributed by atoms with van der Waals surface area (Å²) in [6, 6.07) is 6.01. The average molecular weight is 321 g/mol. The van der Waals surface area contributed by atoms with Crippen LogP contribution < -0.4 is 10.5 Å². The smallest absolute Gasteiger partial charge is 0.119 e. The van der Waals surface area contributed by atoms with Crippen molar-refractivity contribution >= 4 is 0 Å². The Labute approximate surface area is 140 Å². The number of methoxy groups -OCH3 is 2. The van der Waals surface area contributed by atoms with Crippen molar-refractivity contribution in [3.05, 3.63) is 29.3 Å². The molecular weight excluding hydrogens is 290 g/mol. The summed E-state index contributed by atoms with van der Waals surface area (Å²) >= 11 is 0. The zero-order valence-corrected chi connectivity index (χ0v) is 14.5. The molecule has 0 bridgehead atoms. The van der Waals surface area contributed by atoms with Gasteiger partial charge in [0, 0.05) is 13.7 Å². The first-order valence-electron chi connectivity index (χ1n) is 8.75. The van der Waals surface area contributed by atoms with Crippen LogP contribution in [0.15, 0.2) is 18.2 Å². The van der Waals surface area contributed by atoms with E-state index in [1.807, 2.05) is 12.1 Å². The van der Waals surface area contributed by atoms with E-state index in [0.717, 1.165) is 56.3 Å². The van der Waals surface area contributed by atoms with Gasteiger partial charge in [-0.1, -0.05) is 25.3 Å². The number of aryl methyl sites for hydroxylation is 1. The number of nitrogens with two attached hydrogens (primary N) is 1. The Balaban J connectivity index is 2.28. The molecule has 0 aromatic heterocycles. The van der Waals surface area contributed by atoms with E-state index in [9.17, 15) is 5.11 Å². The van der Waals surface area contributed by atoms with Crippen molar-refractivity contribution in [2.75, 3.05) is 20.8 Å². The van der Waals surface area contributed by atoms with Crippen LogP contribution >= 0.6 is 0 Å². The fourth-order valence-corrected chi connectivity index (χ4v) is 3.54. The lowest BCUT2D eigenvalue weighted by atomic mass is 9.83. The molecule has 1 aromatic rings. The average Bonchev–Trinajstić information content (AvgIpc) is 2.59. The second-order valence-electron chi connectivity index (χ2n) is 6.61. The van der Waals surface area contributed by atoms with Crippen molar-refractivity contribution in [2.24, 2.45) is 5.73 Å². The molecule has 0 spiro atoms. The SMILES string of the molecule is COc1ccc2c(c1)[C@@](O)(CN)CCCC[C@H](OC)CCCC2. The number of ether oxygens (including phenoxy) is 2. The predicted molar refractivity (Wildman–Crippen MR) is 92.8 cm³/mol. The zero-order chi connectivity index (χ0) is 16.7. The van der Waals surface area contributed by atoms with Gasteiger partial charge in [0.15, 0.2) is 0 Å². The Morgan fingerprint density at radius 3 is 2.57 bits per heavy atom. The van der Waals surface area contributed by atoms with Gasteiger partial charge < -0.3 is 20.3 Å². The number of benzene rings is 1. The molecule has 2 rings (SSSR count). The Bertz CT molecular complexity index is 492. The molecule has 4 nitrogen and oxygen atoms in total. The number of rotatable bonds is 3. The summed E-state index contributed by atoms with van der Waals surface area (Å²) in [5.74, 6) is 0.780. The van der Waals surface area contributed by atoms with Crippen LogP contribution in [-0.4, -0.2) is 32.0 Å². The zero-order valence-electron chi connectivity index (χ0n) is 14.5. The Morgan fingerprint density at radius 1 is 1.17 bits per heavy atom. The van der Waals surface area contributed by atoms with Gasteiger partial charge in [0.05, 0.1) is 13.2 Å². The highest BCUT2D eigenvalue weighted by molar-refractivity contribution is 5.40. The molecule has 0 aliphatic heterocycles. The number of fused-ring (bicyclic) bond motifs is 1. The highest BCUT2D eigenvalue weighted by atomic mass is 16.5. The molecule has 2 atom stereocenters. The molecule has 0 fully saturated rings. The van der Waals surface area contributed by atoms with E-state index in [-0.39, 0.29) is 6.54 Å². The second-order valence-corrected chi connectivity index (χ2v) is 6.61. The predicted octanol–water partition coefficient (Wildman–Crippen LogP) is 3.14. The fourth-order valence-electron chi connectivity index (χ4n) is 3.54. The Hall–Kier alpha value is -1.10. The first kappa shape index (κ1) is 18.2. The highest BCUT2D eigenvalue weighted by Gasteiger charge is 2.30. The lowest BCUT2D eigenvalue weighted by Crippen LogP contribution is -2.36. The number of aliphatic hydroxyl groups is 1. The first-order chi connectivity index (χ1) is 11.1. The van der Waals surface area contributed by atoms with Crippen LogP contribution in [0.5, 0.6) is 5.75 Å². The molecule has 0 heterocycles. The van der Waals surface area contributed by atoms with Gasteiger partial charge >= 0.3 is 0 Å². The Kier molecular flexibility index (Phi) is 6.88. The molecule has 23 heavy (non-hydrogen) atoms. The summed E-state index contributed by atoms with van der Waals surface area (Å²) in [5, 5.41) is 11.1. The summed E-state index contributed by atoms with van der Waals surface area (Å²) in [7, 11) is 3.46. The molecule has 0 saturated carbocycles. The third-order valence-electron chi connectivity index (χ3n) is 5.08. The van der Waals surface area contributed by atoms with Gasteiger partial charge in [0.1, 0.15) is 11.4 Å². The quantitative estimate of drug-likeness (QED) is 0.897. The van der Waals surface area contributed by atoms with Crippen LogP contribution in [-0.2, 0) is 16.8 Å². The summed E-state index contributed by atoms with van der Waals surface area (Å²) in [5.41, 5.74) is 7.13. The van der Waals surface area contributed by atoms with E-state index < -0.39 is 5.60 Å². The Morgan fingerprint density at radius 2 is 1.91 bits per heavy atom. The minimum Gasteiger partial charge on any atom is -0.497 e. The largest absolute Gasteiger partial charge is 0.497 e. The van der Waals surface area contributed by atoms with E-state index in [1.165, 1.54) is 5.56 Å². The third-order valence-corrected chi connectivity index (χ3v) is 5.08. The van der Waals surface area contributed by atoms with Gasteiger partial charge in [-0.2, -0.15) is 0 Å².